The Morgan fingerprint density at radius 3 is 2.60 bits per heavy atom. The second-order valence-corrected chi connectivity index (χ2v) is 17.2. The summed E-state index contributed by atoms with van der Waals surface area (Å²) >= 11 is 4.34. The summed E-state index contributed by atoms with van der Waals surface area (Å²) in [6, 6.07) is 8.15. The van der Waals surface area contributed by atoms with Gasteiger partial charge in [0, 0.05) is 5.02 Å². The maximum absolute atomic E-state index is 12.7. The summed E-state index contributed by atoms with van der Waals surface area (Å²) in [6.45, 7) is 7.32. The number of anilines is 2. The molecule has 11 heteroatoms. The zero-order chi connectivity index (χ0) is 24.7. The molecule has 2 atom stereocenters. The summed E-state index contributed by atoms with van der Waals surface area (Å²) in [5, 5.41) is 4.26. The number of ether oxygens (including phenoxy) is 1. The molecular weight excluding hydrogens is 601 g/mol. The van der Waals surface area contributed by atoms with E-state index in [9.17, 15) is 9.00 Å². The molecule has 0 aliphatic carbocycles. The van der Waals surface area contributed by atoms with E-state index in [0.717, 1.165) is 46.0 Å². The van der Waals surface area contributed by atoms with Gasteiger partial charge in [-0.2, -0.15) is 0 Å². The van der Waals surface area contributed by atoms with Crippen LogP contribution in [0.5, 0.6) is 0 Å². The fraction of sp³-hybridized carbons (Fsp3) is 0.542. The van der Waals surface area contributed by atoms with Gasteiger partial charge in [-0.25, -0.2) is 0 Å². The molecule has 2 saturated heterocycles. The van der Waals surface area contributed by atoms with Crippen molar-refractivity contribution in [3.8, 4) is 0 Å². The van der Waals surface area contributed by atoms with E-state index < -0.39 is 36.5 Å². The van der Waals surface area contributed by atoms with Crippen LogP contribution in [0.1, 0.15) is 50.8 Å². The molecular formula is C24H31ClIN5O3S. The Morgan fingerprint density at radius 1 is 1.20 bits per heavy atom. The third-order valence-corrected chi connectivity index (χ3v) is 12.3. The van der Waals surface area contributed by atoms with Gasteiger partial charge in [0.25, 0.3) is 0 Å². The van der Waals surface area contributed by atoms with Crippen molar-refractivity contribution in [1.82, 2.24) is 13.5 Å². The third kappa shape index (κ3) is 6.02. The quantitative estimate of drug-likeness (QED) is 0.210. The standard InChI is InChI=1S/C24H31ClIN5O3S/c1-24(2,3)34-23(32)30-26-14-19(26)28-21-20-18(10-13-35(20)33)27-22(29-21)31-11-8-16(9-12-31)15-4-6-17(25)7-5-15/h4-7,16,19H,8-14H2,1-3H3,(H,30,32)(H,27,28,29)/t19-,35?/m0/s1. The van der Waals surface area contributed by atoms with E-state index in [1.807, 2.05) is 32.9 Å². The van der Waals surface area contributed by atoms with Crippen molar-refractivity contribution in [3.63, 3.8) is 0 Å². The van der Waals surface area contributed by atoms with Gasteiger partial charge in [0.15, 0.2) is 0 Å². The predicted octanol–water partition coefficient (Wildman–Crippen LogP) is 4.88. The Balaban J connectivity index is 1.26. The van der Waals surface area contributed by atoms with Gasteiger partial charge in [-0.05, 0) is 0 Å². The molecule has 190 valence electrons. The second-order valence-electron chi connectivity index (χ2n) is 10.0. The number of alkyl halides is 2. The molecule has 35 heavy (non-hydrogen) atoms. The number of benzene rings is 1. The molecule has 2 N–H and O–H groups in total. The van der Waals surface area contributed by atoms with Gasteiger partial charge in [-0.15, -0.1) is 0 Å². The average molecular weight is 632 g/mol. The van der Waals surface area contributed by atoms with Crippen molar-refractivity contribution < 1.29 is 13.7 Å². The molecule has 5 rings (SSSR count). The van der Waals surface area contributed by atoms with Gasteiger partial charge >= 0.3 is 205 Å². The van der Waals surface area contributed by atoms with Crippen molar-refractivity contribution >= 4 is 60.4 Å². The van der Waals surface area contributed by atoms with E-state index >= 15 is 0 Å². The number of hydrogen-bond acceptors (Lipinski definition) is 7. The molecule has 3 aliphatic heterocycles. The van der Waals surface area contributed by atoms with E-state index in [4.69, 9.17) is 26.3 Å². The van der Waals surface area contributed by atoms with Crippen molar-refractivity contribution in [2.24, 2.45) is 0 Å². The van der Waals surface area contributed by atoms with E-state index in [-0.39, 0.29) is 10.1 Å². The number of aryl methyl sites for hydroxylation is 1. The molecule has 2 aromatic rings. The van der Waals surface area contributed by atoms with Crippen LogP contribution in [0.4, 0.5) is 16.6 Å². The van der Waals surface area contributed by atoms with Crippen LogP contribution in [0, 0.1) is 0 Å². The fourth-order valence-corrected chi connectivity index (χ4v) is 9.80. The van der Waals surface area contributed by atoms with Gasteiger partial charge in [0.1, 0.15) is 0 Å². The van der Waals surface area contributed by atoms with Crippen LogP contribution in [0.15, 0.2) is 29.2 Å². The summed E-state index contributed by atoms with van der Waals surface area (Å²) in [5.74, 6) is 2.47. The summed E-state index contributed by atoms with van der Waals surface area (Å²) in [4.78, 5) is 24.8. The number of nitrogens with one attached hydrogen (secondary N) is 2. The van der Waals surface area contributed by atoms with Crippen LogP contribution in [0.3, 0.4) is 0 Å². The normalized spacial score (nSPS) is 23.1. The number of nitrogens with zero attached hydrogens (tertiary/aromatic N) is 3. The van der Waals surface area contributed by atoms with Gasteiger partial charge in [0.05, 0.1) is 0 Å². The zero-order valence-corrected chi connectivity index (χ0v) is 23.9. The Hall–Kier alpha value is -1.66. The summed E-state index contributed by atoms with van der Waals surface area (Å²) in [5.41, 5.74) is 1.70. The number of piperidine rings is 1. The zero-order valence-electron chi connectivity index (χ0n) is 20.1. The molecule has 3 aliphatic rings. The molecule has 0 radical (unpaired) electrons. The first-order valence-electron chi connectivity index (χ1n) is 11.9. The van der Waals surface area contributed by atoms with Gasteiger partial charge in [0.2, 0.25) is 0 Å². The third-order valence-electron chi connectivity index (χ3n) is 6.20. The molecule has 0 saturated carbocycles. The minimum atomic E-state index is -1.70. The molecule has 1 unspecified atom stereocenters. The molecule has 1 aromatic heterocycles. The first-order valence-corrected chi connectivity index (χ1v) is 17.4. The number of amides is 1. The number of halogens is 2. The first kappa shape index (κ1) is 25.0. The van der Waals surface area contributed by atoms with Crippen LogP contribution < -0.4 is 13.7 Å². The number of rotatable bonds is 5. The van der Waals surface area contributed by atoms with Crippen molar-refractivity contribution in [3.05, 3.63) is 40.5 Å². The summed E-state index contributed by atoms with van der Waals surface area (Å²) in [7, 11) is -1.09. The van der Waals surface area contributed by atoms with Crippen LogP contribution >= 0.6 is 31.7 Å². The number of fused-ring (bicyclic) bond motifs is 1. The van der Waals surface area contributed by atoms with Crippen LogP contribution in [0.25, 0.3) is 0 Å². The molecule has 8 nitrogen and oxygen atoms in total. The number of carbonyl (C=O) groups is 1. The summed E-state index contributed by atoms with van der Waals surface area (Å²) < 4.78 is 22.3. The van der Waals surface area contributed by atoms with E-state index in [2.05, 4.69) is 25.9 Å². The Labute approximate surface area is 221 Å². The molecule has 4 heterocycles. The van der Waals surface area contributed by atoms with Crippen molar-refractivity contribution in [2.45, 2.75) is 60.5 Å². The maximum atomic E-state index is 12.7. The van der Waals surface area contributed by atoms with Crippen LogP contribution in [-0.4, -0.2) is 53.2 Å². The van der Waals surface area contributed by atoms with Crippen molar-refractivity contribution in [1.29, 1.82) is 0 Å². The first-order chi connectivity index (χ1) is 16.7. The molecule has 1 amide bonds. The molecule has 0 spiro atoms. The Kier molecular flexibility index (Phi) is 7.15. The summed E-state index contributed by atoms with van der Waals surface area (Å²) in [6.07, 6.45) is 2.40. The van der Waals surface area contributed by atoms with Gasteiger partial charge in [-0.1, -0.05) is 11.6 Å². The number of aromatic nitrogens is 2. The van der Waals surface area contributed by atoms with Gasteiger partial charge < -0.3 is 0 Å². The average Bonchev–Trinajstić information content (AvgIpc) is 3.40. The fourth-order valence-electron chi connectivity index (χ4n) is 4.44. The molecule has 0 bridgehead atoms. The van der Waals surface area contributed by atoms with Gasteiger partial charge in [-0.3, -0.25) is 0 Å². The number of carbonyl (C=O) groups excluding carboxylic acids is 1. The molecule has 1 aromatic carbocycles. The second kappa shape index (κ2) is 10.0. The predicted molar refractivity (Wildman–Crippen MR) is 148 cm³/mol. The SMILES string of the molecule is CC(C)(C)OC(=O)NI1C[C@@H]1Nc1nc(N2CCC(c3ccc(Cl)cc3)CC2)nc2c1S(=O)CC2. The Bertz CT molecular complexity index is 1140. The monoisotopic (exact) mass is 631 g/mol. The Morgan fingerprint density at radius 2 is 1.91 bits per heavy atom. The van der Waals surface area contributed by atoms with Crippen molar-refractivity contribution in [2.75, 3.05) is 33.5 Å². The van der Waals surface area contributed by atoms with E-state index in [1.165, 1.54) is 5.56 Å². The molecule has 2 fully saturated rings. The topological polar surface area (TPSA) is 96.4 Å². The van der Waals surface area contributed by atoms with Crippen LogP contribution in [-0.2, 0) is 22.0 Å². The minimum absolute atomic E-state index is 0.187. The van der Waals surface area contributed by atoms with E-state index in [1.54, 1.807) is 0 Å². The van der Waals surface area contributed by atoms with Crippen LogP contribution in [0.2, 0.25) is 5.02 Å². The number of hydrogen-bond donors (Lipinski definition) is 2. The van der Waals surface area contributed by atoms with E-state index in [0.29, 0.717) is 29.9 Å².